The first-order valence-electron chi connectivity index (χ1n) is 5.97. The zero-order valence-electron chi connectivity index (χ0n) is 11.6. The van der Waals surface area contributed by atoms with Crippen molar-refractivity contribution in [3.05, 3.63) is 30.1 Å². The monoisotopic (exact) mass is 279 g/mol. The van der Waals surface area contributed by atoms with Gasteiger partial charge >= 0.3 is 12.0 Å². The number of pyridine rings is 1. The Bertz CT molecular complexity index is 494. The lowest BCUT2D eigenvalue weighted by Crippen LogP contribution is -2.49. The Hall–Kier alpha value is -2.44. The standard InChI is InChI=1S/C13H17N3O4/c1-13(2,3)16-12(19)15-10(17)8-20-11(18)9-5-4-6-14-7-9/h4-7H,8H2,1-3H3,(H2,15,16,17,19). The van der Waals surface area contributed by atoms with Crippen molar-refractivity contribution in [2.24, 2.45) is 0 Å². The highest BCUT2D eigenvalue weighted by Gasteiger charge is 2.16. The fourth-order valence-electron chi connectivity index (χ4n) is 1.23. The third kappa shape index (κ3) is 5.94. The number of aromatic nitrogens is 1. The van der Waals surface area contributed by atoms with Crippen LogP contribution in [-0.4, -0.2) is 35.0 Å². The van der Waals surface area contributed by atoms with Crippen molar-refractivity contribution in [1.82, 2.24) is 15.6 Å². The summed E-state index contributed by atoms with van der Waals surface area (Å²) >= 11 is 0. The summed E-state index contributed by atoms with van der Waals surface area (Å²) in [5.41, 5.74) is -0.226. The van der Waals surface area contributed by atoms with Crippen molar-refractivity contribution >= 4 is 17.9 Å². The maximum atomic E-state index is 11.5. The van der Waals surface area contributed by atoms with Crippen LogP contribution in [0.2, 0.25) is 0 Å². The van der Waals surface area contributed by atoms with Crippen LogP contribution in [0.3, 0.4) is 0 Å². The molecule has 1 aromatic rings. The van der Waals surface area contributed by atoms with Crippen molar-refractivity contribution in [2.45, 2.75) is 26.3 Å². The van der Waals surface area contributed by atoms with E-state index in [1.54, 1.807) is 26.8 Å². The van der Waals surface area contributed by atoms with Crippen molar-refractivity contribution < 1.29 is 19.1 Å². The number of rotatable bonds is 3. The predicted molar refractivity (Wildman–Crippen MR) is 70.9 cm³/mol. The van der Waals surface area contributed by atoms with Gasteiger partial charge in [-0.3, -0.25) is 15.1 Å². The van der Waals surface area contributed by atoms with E-state index in [0.717, 1.165) is 0 Å². The molecule has 1 rings (SSSR count). The number of esters is 1. The lowest BCUT2D eigenvalue weighted by molar-refractivity contribution is -0.123. The molecule has 108 valence electrons. The number of hydrogen-bond acceptors (Lipinski definition) is 5. The van der Waals surface area contributed by atoms with Gasteiger partial charge in [0.15, 0.2) is 6.61 Å². The minimum absolute atomic E-state index is 0.236. The van der Waals surface area contributed by atoms with Crippen LogP contribution in [0.5, 0.6) is 0 Å². The highest BCUT2D eigenvalue weighted by molar-refractivity contribution is 5.97. The van der Waals surface area contributed by atoms with Gasteiger partial charge in [0.1, 0.15) is 0 Å². The van der Waals surface area contributed by atoms with Gasteiger partial charge in [-0.05, 0) is 32.9 Å². The molecule has 0 aliphatic rings. The van der Waals surface area contributed by atoms with E-state index in [0.29, 0.717) is 0 Å². The van der Waals surface area contributed by atoms with E-state index in [1.807, 2.05) is 0 Å². The molecule has 0 aromatic carbocycles. The van der Waals surface area contributed by atoms with Crippen LogP contribution in [0.4, 0.5) is 4.79 Å². The highest BCUT2D eigenvalue weighted by Crippen LogP contribution is 1.99. The minimum atomic E-state index is -0.705. The van der Waals surface area contributed by atoms with Crippen LogP contribution in [0, 0.1) is 0 Å². The Morgan fingerprint density at radius 1 is 1.30 bits per heavy atom. The average Bonchev–Trinajstić information content (AvgIpc) is 2.34. The molecule has 0 unspecified atom stereocenters. The molecule has 7 heteroatoms. The molecule has 0 radical (unpaired) electrons. The molecule has 0 saturated carbocycles. The summed E-state index contributed by atoms with van der Waals surface area (Å²) in [6.45, 7) is 4.80. The van der Waals surface area contributed by atoms with Gasteiger partial charge in [0, 0.05) is 17.9 Å². The summed E-state index contributed by atoms with van der Waals surface area (Å²) in [5.74, 6) is -1.38. The lowest BCUT2D eigenvalue weighted by atomic mass is 10.1. The molecule has 0 aliphatic carbocycles. The molecule has 0 saturated heterocycles. The SMILES string of the molecule is CC(C)(C)NC(=O)NC(=O)COC(=O)c1cccnc1. The average molecular weight is 279 g/mol. The largest absolute Gasteiger partial charge is 0.452 e. The van der Waals surface area contributed by atoms with Crippen LogP contribution in [0.15, 0.2) is 24.5 Å². The fraction of sp³-hybridized carbons (Fsp3) is 0.385. The summed E-state index contributed by atoms with van der Waals surface area (Å²) in [6, 6.07) is 2.45. The molecule has 0 fully saturated rings. The molecule has 0 aliphatic heterocycles. The normalized spacial score (nSPS) is 10.6. The molecule has 1 heterocycles. The summed E-state index contributed by atoms with van der Waals surface area (Å²) < 4.78 is 4.75. The van der Waals surface area contributed by atoms with Crippen molar-refractivity contribution in [1.29, 1.82) is 0 Å². The third-order valence-electron chi connectivity index (χ3n) is 1.97. The highest BCUT2D eigenvalue weighted by atomic mass is 16.5. The van der Waals surface area contributed by atoms with Crippen LogP contribution in [0.25, 0.3) is 0 Å². The molecule has 3 amide bonds. The molecule has 1 aromatic heterocycles. The van der Waals surface area contributed by atoms with E-state index < -0.39 is 30.1 Å². The zero-order chi connectivity index (χ0) is 15.2. The quantitative estimate of drug-likeness (QED) is 0.800. The molecule has 0 atom stereocenters. The fourth-order valence-corrected chi connectivity index (χ4v) is 1.23. The van der Waals surface area contributed by atoms with Gasteiger partial charge in [-0.15, -0.1) is 0 Å². The van der Waals surface area contributed by atoms with E-state index in [2.05, 4.69) is 15.6 Å². The number of urea groups is 1. The Morgan fingerprint density at radius 3 is 2.55 bits per heavy atom. The maximum Gasteiger partial charge on any atom is 0.340 e. The molecular weight excluding hydrogens is 262 g/mol. The summed E-state index contributed by atoms with van der Waals surface area (Å²) in [4.78, 5) is 38.1. The first-order chi connectivity index (χ1) is 9.28. The van der Waals surface area contributed by atoms with Crippen LogP contribution in [-0.2, 0) is 9.53 Å². The number of nitrogens with one attached hydrogen (secondary N) is 2. The first-order valence-corrected chi connectivity index (χ1v) is 5.97. The van der Waals surface area contributed by atoms with E-state index in [-0.39, 0.29) is 5.56 Å². The summed E-state index contributed by atoms with van der Waals surface area (Å²) in [5, 5.41) is 4.61. The second-order valence-electron chi connectivity index (χ2n) is 5.07. The van der Waals surface area contributed by atoms with Gasteiger partial charge in [-0.2, -0.15) is 0 Å². The van der Waals surface area contributed by atoms with Crippen molar-refractivity contribution in [3.63, 3.8) is 0 Å². The third-order valence-corrected chi connectivity index (χ3v) is 1.97. The van der Waals surface area contributed by atoms with Crippen LogP contribution >= 0.6 is 0 Å². The Kier molecular flexibility index (Phi) is 5.19. The van der Waals surface area contributed by atoms with Crippen molar-refractivity contribution in [3.8, 4) is 0 Å². The van der Waals surface area contributed by atoms with E-state index >= 15 is 0 Å². The molecule has 2 N–H and O–H groups in total. The maximum absolute atomic E-state index is 11.5. The Labute approximate surface area is 116 Å². The van der Waals surface area contributed by atoms with E-state index in [9.17, 15) is 14.4 Å². The van der Waals surface area contributed by atoms with E-state index in [1.165, 1.54) is 18.5 Å². The van der Waals surface area contributed by atoms with E-state index in [4.69, 9.17) is 4.74 Å². The van der Waals surface area contributed by atoms with Gasteiger partial charge in [0.2, 0.25) is 0 Å². The number of carbonyl (C=O) groups excluding carboxylic acids is 3. The molecular formula is C13H17N3O4. The molecule has 7 nitrogen and oxygen atoms in total. The Balaban J connectivity index is 2.37. The second kappa shape index (κ2) is 6.65. The van der Waals surface area contributed by atoms with Crippen LogP contribution in [0.1, 0.15) is 31.1 Å². The molecule has 0 bridgehead atoms. The summed E-state index contributed by atoms with van der Waals surface area (Å²) in [6.07, 6.45) is 2.84. The molecule has 20 heavy (non-hydrogen) atoms. The number of ether oxygens (including phenoxy) is 1. The first kappa shape index (κ1) is 15.6. The number of hydrogen-bond donors (Lipinski definition) is 2. The molecule has 0 spiro atoms. The number of imide groups is 1. The van der Waals surface area contributed by atoms with Crippen LogP contribution < -0.4 is 10.6 Å². The van der Waals surface area contributed by atoms with Gasteiger partial charge in [-0.1, -0.05) is 0 Å². The zero-order valence-corrected chi connectivity index (χ0v) is 11.6. The second-order valence-corrected chi connectivity index (χ2v) is 5.07. The minimum Gasteiger partial charge on any atom is -0.452 e. The van der Waals surface area contributed by atoms with Gasteiger partial charge in [-0.25, -0.2) is 9.59 Å². The lowest BCUT2D eigenvalue weighted by Gasteiger charge is -2.20. The van der Waals surface area contributed by atoms with Crippen molar-refractivity contribution in [2.75, 3.05) is 6.61 Å². The van der Waals surface area contributed by atoms with Gasteiger partial charge in [0.05, 0.1) is 5.56 Å². The number of amides is 3. The predicted octanol–water partition coefficient (Wildman–Crippen LogP) is 0.863. The number of carbonyl (C=O) groups is 3. The summed E-state index contributed by atoms with van der Waals surface area (Å²) in [7, 11) is 0. The van der Waals surface area contributed by atoms with Gasteiger partial charge in [0.25, 0.3) is 5.91 Å². The van der Waals surface area contributed by atoms with Gasteiger partial charge < -0.3 is 10.1 Å². The topological polar surface area (TPSA) is 97.4 Å². The smallest absolute Gasteiger partial charge is 0.340 e. The Morgan fingerprint density at radius 2 is 2.00 bits per heavy atom. The number of nitrogens with zero attached hydrogens (tertiary/aromatic N) is 1.